The fourth-order valence-electron chi connectivity index (χ4n) is 2.34. The van der Waals surface area contributed by atoms with Crippen molar-refractivity contribution in [1.29, 1.82) is 0 Å². The van der Waals surface area contributed by atoms with Gasteiger partial charge in [0, 0.05) is 19.8 Å². The molecule has 0 heterocycles. The van der Waals surface area contributed by atoms with Crippen LogP contribution in [0.1, 0.15) is 32.3 Å². The molecule has 0 bridgehead atoms. The van der Waals surface area contributed by atoms with Gasteiger partial charge in [-0.2, -0.15) is 0 Å². The van der Waals surface area contributed by atoms with Gasteiger partial charge in [-0.3, -0.25) is 9.59 Å². The van der Waals surface area contributed by atoms with Crippen molar-refractivity contribution in [1.82, 2.24) is 10.6 Å². The number of phenols is 1. The van der Waals surface area contributed by atoms with Crippen molar-refractivity contribution < 1.29 is 34.5 Å². The smallest absolute Gasteiger partial charge is 0.329 e. The van der Waals surface area contributed by atoms with Crippen molar-refractivity contribution in [3.63, 3.8) is 0 Å². The van der Waals surface area contributed by atoms with Crippen LogP contribution in [0, 0.1) is 0 Å². The number of phenolic OH excluding ortho intramolecular Hbond substituents is 1. The number of benzene rings is 1. The standard InChI is InChI=1S/C17H22N2O7/c1-10(20)18-13(15(23)24)7-8-14(22)19-17(2,16(25)26)9-11-3-5-12(21)6-4-11/h3-6,13,21H,7-9H2,1-2H3,(H,18,20)(H,19,22)(H,23,24)(H,25,26). The number of hydrogen-bond acceptors (Lipinski definition) is 5. The molecule has 1 aromatic rings. The van der Waals surface area contributed by atoms with Crippen LogP contribution in [0.25, 0.3) is 0 Å². The number of aromatic hydroxyl groups is 1. The Hall–Kier alpha value is -3.10. The fourth-order valence-corrected chi connectivity index (χ4v) is 2.34. The zero-order valence-electron chi connectivity index (χ0n) is 14.5. The first-order chi connectivity index (χ1) is 12.0. The van der Waals surface area contributed by atoms with Gasteiger partial charge in [-0.25, -0.2) is 9.59 Å². The second-order valence-electron chi connectivity index (χ2n) is 6.16. The number of hydrogen-bond donors (Lipinski definition) is 5. The van der Waals surface area contributed by atoms with E-state index in [4.69, 9.17) is 5.11 Å². The summed E-state index contributed by atoms with van der Waals surface area (Å²) < 4.78 is 0. The van der Waals surface area contributed by atoms with Gasteiger partial charge in [0.2, 0.25) is 11.8 Å². The second kappa shape index (κ2) is 8.84. The molecule has 26 heavy (non-hydrogen) atoms. The van der Waals surface area contributed by atoms with Crippen molar-refractivity contribution in [3.05, 3.63) is 29.8 Å². The van der Waals surface area contributed by atoms with E-state index in [9.17, 15) is 29.4 Å². The number of nitrogens with one attached hydrogen (secondary N) is 2. The third kappa shape index (κ3) is 6.42. The zero-order chi connectivity index (χ0) is 19.9. The molecule has 2 amide bonds. The van der Waals surface area contributed by atoms with Gasteiger partial charge in [0.15, 0.2) is 0 Å². The van der Waals surface area contributed by atoms with Gasteiger partial charge in [0.1, 0.15) is 17.3 Å². The quantitative estimate of drug-likeness (QED) is 0.420. The molecule has 0 spiro atoms. The van der Waals surface area contributed by atoms with E-state index in [2.05, 4.69) is 10.6 Å². The minimum atomic E-state index is -1.61. The van der Waals surface area contributed by atoms with Crippen LogP contribution in [0.15, 0.2) is 24.3 Å². The lowest BCUT2D eigenvalue weighted by Crippen LogP contribution is -2.54. The average molecular weight is 366 g/mol. The monoisotopic (exact) mass is 366 g/mol. The van der Waals surface area contributed by atoms with Crippen LogP contribution in [-0.2, 0) is 25.6 Å². The molecule has 0 aromatic heterocycles. The molecule has 2 atom stereocenters. The molecule has 1 aromatic carbocycles. The molecule has 142 valence electrons. The van der Waals surface area contributed by atoms with Gasteiger partial charge < -0.3 is 26.0 Å². The highest BCUT2D eigenvalue weighted by molar-refractivity contribution is 5.87. The fraction of sp³-hybridized carbons (Fsp3) is 0.412. The highest BCUT2D eigenvalue weighted by Gasteiger charge is 2.35. The predicted molar refractivity (Wildman–Crippen MR) is 90.5 cm³/mol. The molecule has 0 radical (unpaired) electrons. The molecule has 1 rings (SSSR count). The molecule has 0 saturated heterocycles. The van der Waals surface area contributed by atoms with Gasteiger partial charge in [0.05, 0.1) is 0 Å². The Morgan fingerprint density at radius 1 is 1.12 bits per heavy atom. The van der Waals surface area contributed by atoms with Crippen LogP contribution >= 0.6 is 0 Å². The Bertz CT molecular complexity index is 687. The number of carbonyl (C=O) groups excluding carboxylic acids is 2. The Morgan fingerprint density at radius 2 is 1.69 bits per heavy atom. The molecule has 9 nitrogen and oxygen atoms in total. The Kier molecular flexibility index (Phi) is 7.12. The Morgan fingerprint density at radius 3 is 2.15 bits per heavy atom. The lowest BCUT2D eigenvalue weighted by Gasteiger charge is -2.27. The van der Waals surface area contributed by atoms with E-state index in [-0.39, 0.29) is 25.0 Å². The number of carbonyl (C=O) groups is 4. The third-order valence-corrected chi connectivity index (χ3v) is 3.72. The second-order valence-corrected chi connectivity index (χ2v) is 6.16. The minimum Gasteiger partial charge on any atom is -0.508 e. The first-order valence-corrected chi connectivity index (χ1v) is 7.85. The van der Waals surface area contributed by atoms with Crippen LogP contribution in [0.3, 0.4) is 0 Å². The van der Waals surface area contributed by atoms with Gasteiger partial charge in [-0.1, -0.05) is 12.1 Å². The minimum absolute atomic E-state index is 0.0254. The summed E-state index contributed by atoms with van der Waals surface area (Å²) in [6.07, 6.45) is -0.465. The SMILES string of the molecule is CC(=O)NC(CCC(=O)NC(C)(Cc1ccc(O)cc1)C(=O)O)C(=O)O. The largest absolute Gasteiger partial charge is 0.508 e. The van der Waals surface area contributed by atoms with Crippen molar-refractivity contribution in [2.75, 3.05) is 0 Å². The molecule has 5 N–H and O–H groups in total. The number of aliphatic carboxylic acids is 2. The highest BCUT2D eigenvalue weighted by Crippen LogP contribution is 2.17. The third-order valence-electron chi connectivity index (χ3n) is 3.72. The van der Waals surface area contributed by atoms with E-state index in [1.807, 2.05) is 0 Å². The summed E-state index contributed by atoms with van der Waals surface area (Å²) in [6.45, 7) is 2.50. The summed E-state index contributed by atoms with van der Waals surface area (Å²) in [4.78, 5) is 45.7. The van der Waals surface area contributed by atoms with E-state index in [1.54, 1.807) is 12.1 Å². The number of rotatable bonds is 9. The van der Waals surface area contributed by atoms with Crippen LogP contribution < -0.4 is 10.6 Å². The zero-order valence-corrected chi connectivity index (χ0v) is 14.5. The molecule has 0 fully saturated rings. The van der Waals surface area contributed by atoms with Crippen molar-refractivity contribution in [2.24, 2.45) is 0 Å². The van der Waals surface area contributed by atoms with Crippen LogP contribution in [0.5, 0.6) is 5.75 Å². The van der Waals surface area contributed by atoms with E-state index in [0.29, 0.717) is 5.56 Å². The van der Waals surface area contributed by atoms with Crippen LogP contribution in [-0.4, -0.2) is 50.7 Å². The summed E-state index contributed by atoms with van der Waals surface area (Å²) in [5, 5.41) is 32.4. The maximum absolute atomic E-state index is 12.1. The number of amides is 2. The number of carboxylic acids is 2. The Balaban J connectivity index is 2.74. The molecular weight excluding hydrogens is 344 g/mol. The summed E-state index contributed by atoms with van der Waals surface area (Å²) >= 11 is 0. The van der Waals surface area contributed by atoms with Gasteiger partial charge >= 0.3 is 11.9 Å². The first-order valence-electron chi connectivity index (χ1n) is 7.85. The highest BCUT2D eigenvalue weighted by atomic mass is 16.4. The normalized spacial score (nSPS) is 13.9. The lowest BCUT2D eigenvalue weighted by molar-refractivity contribution is -0.147. The van der Waals surface area contributed by atoms with Gasteiger partial charge in [-0.05, 0) is 31.0 Å². The van der Waals surface area contributed by atoms with Crippen LogP contribution in [0.2, 0.25) is 0 Å². The van der Waals surface area contributed by atoms with E-state index in [0.717, 1.165) is 6.92 Å². The van der Waals surface area contributed by atoms with E-state index >= 15 is 0 Å². The molecular formula is C17H22N2O7. The van der Waals surface area contributed by atoms with Gasteiger partial charge in [-0.15, -0.1) is 0 Å². The molecule has 9 heteroatoms. The molecule has 0 aliphatic rings. The maximum atomic E-state index is 12.1. The molecule has 0 aliphatic heterocycles. The summed E-state index contributed by atoms with van der Waals surface area (Å²) in [5.41, 5.74) is -1.02. The van der Waals surface area contributed by atoms with E-state index in [1.165, 1.54) is 19.1 Å². The molecule has 0 aliphatic carbocycles. The summed E-state index contributed by atoms with van der Waals surface area (Å²) in [7, 11) is 0. The first kappa shape index (κ1) is 20.9. The Labute approximate surface area is 150 Å². The lowest BCUT2D eigenvalue weighted by atomic mass is 9.92. The average Bonchev–Trinajstić information content (AvgIpc) is 2.52. The predicted octanol–water partition coefficient (Wildman–Crippen LogP) is 0.264. The summed E-state index contributed by atoms with van der Waals surface area (Å²) in [5.74, 6) is -3.69. The van der Waals surface area contributed by atoms with Crippen molar-refractivity contribution in [2.45, 2.75) is 44.7 Å². The topological polar surface area (TPSA) is 153 Å². The molecule has 2 unspecified atom stereocenters. The van der Waals surface area contributed by atoms with Gasteiger partial charge in [0.25, 0.3) is 0 Å². The van der Waals surface area contributed by atoms with Crippen LogP contribution in [0.4, 0.5) is 0 Å². The summed E-state index contributed by atoms with van der Waals surface area (Å²) in [6, 6.07) is 4.67. The van der Waals surface area contributed by atoms with Crippen molar-refractivity contribution in [3.8, 4) is 5.75 Å². The number of carboxylic acid groups (broad SMARTS) is 2. The van der Waals surface area contributed by atoms with E-state index < -0.39 is 35.3 Å². The van der Waals surface area contributed by atoms with Crippen molar-refractivity contribution >= 4 is 23.8 Å². The molecule has 0 saturated carbocycles. The maximum Gasteiger partial charge on any atom is 0.329 e.